The summed E-state index contributed by atoms with van der Waals surface area (Å²) in [5, 5.41) is 4.60. The van der Waals surface area contributed by atoms with Crippen molar-refractivity contribution in [3.63, 3.8) is 0 Å². The van der Waals surface area contributed by atoms with Crippen molar-refractivity contribution in [2.24, 2.45) is 0 Å². The van der Waals surface area contributed by atoms with E-state index in [1.165, 1.54) is 16.8 Å². The van der Waals surface area contributed by atoms with Crippen LogP contribution < -0.4 is 5.32 Å². The van der Waals surface area contributed by atoms with Gasteiger partial charge < -0.3 is 9.88 Å². The molecule has 0 unspecified atom stereocenters. The van der Waals surface area contributed by atoms with Gasteiger partial charge in [-0.05, 0) is 44.4 Å². The Morgan fingerprint density at radius 3 is 2.70 bits per heavy atom. The van der Waals surface area contributed by atoms with Crippen molar-refractivity contribution in [3.05, 3.63) is 66.1 Å². The summed E-state index contributed by atoms with van der Waals surface area (Å²) < 4.78 is 4.32. The third kappa shape index (κ3) is 3.18. The van der Waals surface area contributed by atoms with Crippen LogP contribution in [0.4, 0.5) is 5.82 Å². The van der Waals surface area contributed by atoms with Crippen LogP contribution in [0.5, 0.6) is 0 Å². The van der Waals surface area contributed by atoms with Gasteiger partial charge in [0.15, 0.2) is 5.65 Å². The molecule has 138 valence electrons. The SMILES string of the molecule is Cc1ccccc1-n1c(C)c(C)c2c(NCCCn3ccnc3)ncnc21. The van der Waals surface area contributed by atoms with Crippen LogP contribution >= 0.6 is 0 Å². The van der Waals surface area contributed by atoms with E-state index in [1.54, 1.807) is 6.33 Å². The molecule has 0 aliphatic carbocycles. The van der Waals surface area contributed by atoms with Gasteiger partial charge in [0.05, 0.1) is 17.4 Å². The van der Waals surface area contributed by atoms with Crippen molar-refractivity contribution in [1.82, 2.24) is 24.1 Å². The second-order valence-electron chi connectivity index (χ2n) is 6.83. The van der Waals surface area contributed by atoms with Crippen LogP contribution in [0.1, 0.15) is 23.2 Å². The number of aromatic nitrogens is 5. The van der Waals surface area contributed by atoms with E-state index in [0.717, 1.165) is 42.0 Å². The molecule has 0 aliphatic rings. The highest BCUT2D eigenvalue weighted by Crippen LogP contribution is 2.32. The molecule has 0 saturated heterocycles. The van der Waals surface area contributed by atoms with Crippen LogP contribution in [0.2, 0.25) is 0 Å². The summed E-state index contributed by atoms with van der Waals surface area (Å²) in [6.45, 7) is 8.20. The molecule has 0 radical (unpaired) electrons. The highest BCUT2D eigenvalue weighted by Gasteiger charge is 2.18. The summed E-state index contributed by atoms with van der Waals surface area (Å²) in [5.41, 5.74) is 5.75. The smallest absolute Gasteiger partial charge is 0.150 e. The van der Waals surface area contributed by atoms with Crippen molar-refractivity contribution >= 4 is 16.9 Å². The fourth-order valence-corrected chi connectivity index (χ4v) is 3.53. The quantitative estimate of drug-likeness (QED) is 0.527. The summed E-state index contributed by atoms with van der Waals surface area (Å²) in [6.07, 6.45) is 8.28. The highest BCUT2D eigenvalue weighted by atomic mass is 15.1. The fraction of sp³-hybridized carbons (Fsp3) is 0.286. The number of hydrogen-bond donors (Lipinski definition) is 1. The zero-order valence-corrected chi connectivity index (χ0v) is 16.0. The first-order chi connectivity index (χ1) is 13.2. The van der Waals surface area contributed by atoms with Crippen LogP contribution in [-0.2, 0) is 6.54 Å². The Labute approximate surface area is 158 Å². The summed E-state index contributed by atoms with van der Waals surface area (Å²) >= 11 is 0. The number of para-hydroxylation sites is 1. The van der Waals surface area contributed by atoms with Gasteiger partial charge >= 0.3 is 0 Å². The van der Waals surface area contributed by atoms with Gasteiger partial charge in [-0.1, -0.05) is 18.2 Å². The van der Waals surface area contributed by atoms with E-state index in [0.29, 0.717) is 0 Å². The minimum absolute atomic E-state index is 0.846. The van der Waals surface area contributed by atoms with Gasteiger partial charge in [-0.25, -0.2) is 15.0 Å². The molecule has 0 bridgehead atoms. The van der Waals surface area contributed by atoms with Gasteiger partial charge in [0.1, 0.15) is 12.1 Å². The Morgan fingerprint density at radius 1 is 1.07 bits per heavy atom. The number of nitrogens with one attached hydrogen (secondary N) is 1. The van der Waals surface area contributed by atoms with Gasteiger partial charge in [-0.2, -0.15) is 0 Å². The van der Waals surface area contributed by atoms with Gasteiger partial charge in [0, 0.05) is 31.2 Å². The van der Waals surface area contributed by atoms with Crippen molar-refractivity contribution in [1.29, 1.82) is 0 Å². The van der Waals surface area contributed by atoms with Gasteiger partial charge in [0.25, 0.3) is 0 Å². The molecule has 0 amide bonds. The molecule has 27 heavy (non-hydrogen) atoms. The van der Waals surface area contributed by atoms with E-state index in [9.17, 15) is 0 Å². The molecule has 0 spiro atoms. The first-order valence-electron chi connectivity index (χ1n) is 9.25. The second-order valence-corrected chi connectivity index (χ2v) is 6.83. The monoisotopic (exact) mass is 360 g/mol. The normalized spacial score (nSPS) is 11.2. The number of anilines is 1. The number of aryl methyl sites for hydroxylation is 3. The third-order valence-corrected chi connectivity index (χ3v) is 5.09. The number of imidazole rings is 1. The summed E-state index contributed by atoms with van der Waals surface area (Å²) in [6, 6.07) is 8.41. The molecule has 4 rings (SSSR count). The maximum atomic E-state index is 4.61. The Balaban J connectivity index is 1.65. The third-order valence-electron chi connectivity index (χ3n) is 5.09. The number of hydrogen-bond acceptors (Lipinski definition) is 4. The van der Waals surface area contributed by atoms with Crippen LogP contribution in [0.15, 0.2) is 49.3 Å². The Bertz CT molecular complexity index is 1060. The summed E-state index contributed by atoms with van der Waals surface area (Å²) in [7, 11) is 0. The first-order valence-corrected chi connectivity index (χ1v) is 9.25. The van der Waals surface area contributed by atoms with E-state index < -0.39 is 0 Å². The zero-order chi connectivity index (χ0) is 18.8. The lowest BCUT2D eigenvalue weighted by atomic mass is 10.2. The molecular weight excluding hydrogens is 336 g/mol. The molecule has 3 aromatic heterocycles. The molecule has 0 saturated carbocycles. The largest absolute Gasteiger partial charge is 0.369 e. The maximum Gasteiger partial charge on any atom is 0.150 e. The van der Waals surface area contributed by atoms with Crippen molar-refractivity contribution in [3.8, 4) is 5.69 Å². The van der Waals surface area contributed by atoms with Crippen LogP contribution in [0, 0.1) is 20.8 Å². The fourth-order valence-electron chi connectivity index (χ4n) is 3.53. The zero-order valence-electron chi connectivity index (χ0n) is 16.0. The van der Waals surface area contributed by atoms with Crippen molar-refractivity contribution in [2.45, 2.75) is 33.7 Å². The highest BCUT2D eigenvalue weighted by molar-refractivity contribution is 5.93. The topological polar surface area (TPSA) is 60.6 Å². The lowest BCUT2D eigenvalue weighted by molar-refractivity contribution is 0.660. The van der Waals surface area contributed by atoms with E-state index in [4.69, 9.17) is 0 Å². The maximum absolute atomic E-state index is 4.61. The standard InChI is InChI=1S/C21H24N6/c1-15-7-4-5-8-18(15)27-17(3)16(2)19-20(24-13-25-21(19)27)23-9-6-11-26-12-10-22-14-26/h4-5,7-8,10,12-14H,6,9,11H2,1-3H3,(H,23,24,25). The van der Waals surface area contributed by atoms with E-state index in [-0.39, 0.29) is 0 Å². The summed E-state index contributed by atoms with van der Waals surface area (Å²) in [5.74, 6) is 0.901. The Kier molecular flexibility index (Phi) is 4.62. The molecule has 0 fully saturated rings. The minimum Gasteiger partial charge on any atom is -0.369 e. The van der Waals surface area contributed by atoms with Crippen molar-refractivity contribution < 1.29 is 0 Å². The van der Waals surface area contributed by atoms with Crippen LogP contribution in [-0.4, -0.2) is 30.6 Å². The van der Waals surface area contributed by atoms with Gasteiger partial charge in [0.2, 0.25) is 0 Å². The summed E-state index contributed by atoms with van der Waals surface area (Å²) in [4.78, 5) is 13.2. The molecule has 6 heteroatoms. The molecule has 6 nitrogen and oxygen atoms in total. The van der Waals surface area contributed by atoms with Gasteiger partial charge in [-0.3, -0.25) is 4.57 Å². The van der Waals surface area contributed by atoms with E-state index >= 15 is 0 Å². The molecule has 0 atom stereocenters. The van der Waals surface area contributed by atoms with Gasteiger partial charge in [-0.15, -0.1) is 0 Å². The van der Waals surface area contributed by atoms with Crippen LogP contribution in [0.3, 0.4) is 0 Å². The number of nitrogens with zero attached hydrogens (tertiary/aromatic N) is 5. The predicted molar refractivity (Wildman–Crippen MR) is 108 cm³/mol. The van der Waals surface area contributed by atoms with Crippen molar-refractivity contribution in [2.75, 3.05) is 11.9 Å². The van der Waals surface area contributed by atoms with E-state index in [2.05, 4.69) is 74.4 Å². The average molecular weight is 360 g/mol. The molecule has 0 aliphatic heterocycles. The second kappa shape index (κ2) is 7.23. The van der Waals surface area contributed by atoms with E-state index in [1.807, 2.05) is 18.7 Å². The predicted octanol–water partition coefficient (Wildman–Crippen LogP) is 4.04. The average Bonchev–Trinajstić information content (AvgIpc) is 3.28. The lowest BCUT2D eigenvalue weighted by Crippen LogP contribution is -2.08. The molecule has 3 heterocycles. The van der Waals surface area contributed by atoms with Crippen LogP contribution in [0.25, 0.3) is 16.7 Å². The molecule has 1 N–H and O–H groups in total. The molecule has 1 aromatic carbocycles. The lowest BCUT2D eigenvalue weighted by Gasteiger charge is -2.11. The first kappa shape index (κ1) is 17.3. The molecule has 4 aromatic rings. The Morgan fingerprint density at radius 2 is 1.93 bits per heavy atom. The number of benzene rings is 1. The molecular formula is C21H24N6. The number of rotatable bonds is 6. The minimum atomic E-state index is 0.846. The Hall–Kier alpha value is -3.15. The number of fused-ring (bicyclic) bond motifs is 1.